The Bertz CT molecular complexity index is 675. The fourth-order valence-electron chi connectivity index (χ4n) is 1.51. The molecule has 2 aromatic rings. The van der Waals surface area contributed by atoms with Crippen molar-refractivity contribution < 1.29 is 13.2 Å². The summed E-state index contributed by atoms with van der Waals surface area (Å²) >= 11 is 5.75. The molecule has 0 aliphatic rings. The largest absolute Gasteiger partial charge is 0.351 e. The third-order valence-electron chi connectivity index (χ3n) is 2.10. The Morgan fingerprint density at radius 3 is 2.56 bits per heavy atom. The number of H-pyrrole nitrogens is 1. The third-order valence-corrected chi connectivity index (χ3v) is 3.73. The molecule has 84 valence electrons. The highest BCUT2D eigenvalue weighted by atomic mass is 35.7. The zero-order chi connectivity index (χ0) is 11.9. The maximum absolute atomic E-state index is 11.3. The van der Waals surface area contributed by atoms with Crippen molar-refractivity contribution in [2.24, 2.45) is 0 Å². The number of aromatic nitrogens is 1. The van der Waals surface area contributed by atoms with Crippen LogP contribution in [0.3, 0.4) is 0 Å². The van der Waals surface area contributed by atoms with Crippen LogP contribution in [-0.4, -0.2) is 19.7 Å². The van der Waals surface area contributed by atoms with Crippen molar-refractivity contribution in [3.8, 4) is 0 Å². The van der Waals surface area contributed by atoms with Crippen molar-refractivity contribution in [2.75, 3.05) is 0 Å². The number of hydrogen-bond donors (Lipinski definition) is 1. The molecule has 1 N–H and O–H groups in total. The number of carbonyl (C=O) groups is 1. The van der Waals surface area contributed by atoms with Gasteiger partial charge in [0.1, 0.15) is 4.90 Å². The fraction of sp³-hybridized carbons (Fsp3) is 0. The lowest BCUT2D eigenvalue weighted by Gasteiger charge is -1.95. The molecule has 1 heterocycles. The molecule has 0 aliphatic heterocycles. The van der Waals surface area contributed by atoms with Gasteiger partial charge in [0, 0.05) is 26.6 Å². The van der Waals surface area contributed by atoms with E-state index in [-0.39, 0.29) is 10.6 Å². The van der Waals surface area contributed by atoms with Gasteiger partial charge in [-0.3, -0.25) is 4.79 Å². The van der Waals surface area contributed by atoms with Crippen LogP contribution in [0.25, 0.3) is 10.9 Å². The Hall–Kier alpha value is -1.04. The van der Waals surface area contributed by atoms with E-state index < -0.39 is 9.05 Å². The first-order chi connectivity index (χ1) is 7.43. The molecule has 0 unspecified atom stereocenters. The molecule has 0 fully saturated rings. The van der Waals surface area contributed by atoms with Crippen LogP contribution in [0.5, 0.6) is 0 Å². The van der Waals surface area contributed by atoms with Crippen molar-refractivity contribution in [1.82, 2.24) is 4.98 Å². The van der Waals surface area contributed by atoms with Gasteiger partial charge in [-0.05, 0) is 18.2 Å². The maximum atomic E-state index is 11.3. The molecule has 0 saturated heterocycles. The van der Waals surface area contributed by atoms with Crippen molar-refractivity contribution >= 4 is 48.5 Å². The van der Waals surface area contributed by atoms with E-state index in [4.69, 9.17) is 22.3 Å². The van der Waals surface area contributed by atoms with Crippen molar-refractivity contribution in [3.63, 3.8) is 0 Å². The van der Waals surface area contributed by atoms with Gasteiger partial charge in [0.05, 0.1) is 5.69 Å². The van der Waals surface area contributed by atoms with Gasteiger partial charge in [0.15, 0.2) is 6.29 Å². The molecule has 2 rings (SSSR count). The first kappa shape index (κ1) is 11.4. The number of nitrogens with one attached hydrogen (secondary N) is 1. The van der Waals surface area contributed by atoms with Gasteiger partial charge in [0.2, 0.25) is 0 Å². The summed E-state index contributed by atoms with van der Waals surface area (Å²) < 4.78 is 22.7. The van der Waals surface area contributed by atoms with E-state index >= 15 is 0 Å². The number of aromatic amines is 1. The third kappa shape index (κ3) is 1.81. The molecule has 0 bridgehead atoms. The fourth-order valence-corrected chi connectivity index (χ4v) is 2.97. The number of benzene rings is 1. The molecule has 0 saturated carbocycles. The Labute approximate surface area is 101 Å². The van der Waals surface area contributed by atoms with Gasteiger partial charge >= 0.3 is 0 Å². The molecule has 1 aromatic carbocycles. The zero-order valence-corrected chi connectivity index (χ0v) is 10.0. The van der Waals surface area contributed by atoms with Crippen LogP contribution in [0.2, 0.25) is 5.02 Å². The monoisotopic (exact) mass is 277 g/mol. The number of aldehydes is 1. The second kappa shape index (κ2) is 3.76. The molecule has 0 aliphatic carbocycles. The topological polar surface area (TPSA) is 67.0 Å². The highest BCUT2D eigenvalue weighted by Crippen LogP contribution is 2.30. The Morgan fingerprint density at radius 1 is 1.31 bits per heavy atom. The summed E-state index contributed by atoms with van der Waals surface area (Å²) in [5, 5.41) is 0.676. The molecular weight excluding hydrogens is 273 g/mol. The van der Waals surface area contributed by atoms with Crippen LogP contribution in [0.4, 0.5) is 0 Å². The van der Waals surface area contributed by atoms with Gasteiger partial charge in [-0.15, -0.1) is 0 Å². The minimum Gasteiger partial charge on any atom is -0.351 e. The van der Waals surface area contributed by atoms with Crippen LogP contribution >= 0.6 is 22.3 Å². The highest BCUT2D eigenvalue weighted by molar-refractivity contribution is 8.14. The first-order valence-corrected chi connectivity index (χ1v) is 6.83. The first-order valence-electron chi connectivity index (χ1n) is 4.14. The van der Waals surface area contributed by atoms with Crippen LogP contribution < -0.4 is 0 Å². The molecule has 0 amide bonds. The van der Waals surface area contributed by atoms with Gasteiger partial charge in [0.25, 0.3) is 9.05 Å². The van der Waals surface area contributed by atoms with E-state index in [0.717, 1.165) is 0 Å². The van der Waals surface area contributed by atoms with E-state index in [1.54, 1.807) is 12.1 Å². The summed E-state index contributed by atoms with van der Waals surface area (Å²) in [5.74, 6) is 0. The van der Waals surface area contributed by atoms with Gasteiger partial charge in [-0.25, -0.2) is 8.42 Å². The van der Waals surface area contributed by atoms with Crippen LogP contribution in [0, 0.1) is 0 Å². The van der Waals surface area contributed by atoms with Crippen molar-refractivity contribution in [2.45, 2.75) is 4.90 Å². The molecule has 1 aromatic heterocycles. The normalized spacial score (nSPS) is 11.9. The van der Waals surface area contributed by atoms with E-state index in [1.165, 1.54) is 6.07 Å². The predicted molar refractivity (Wildman–Crippen MR) is 61.7 cm³/mol. The minimum absolute atomic E-state index is 0.0766. The lowest BCUT2D eigenvalue weighted by Crippen LogP contribution is -1.94. The molecule has 0 radical (unpaired) electrons. The van der Waals surface area contributed by atoms with Crippen molar-refractivity contribution in [1.29, 1.82) is 0 Å². The Kier molecular flexibility index (Phi) is 2.69. The van der Waals surface area contributed by atoms with Crippen LogP contribution in [0.15, 0.2) is 23.1 Å². The summed E-state index contributed by atoms with van der Waals surface area (Å²) in [5.41, 5.74) is 0.415. The smallest absolute Gasteiger partial charge is 0.264 e. The SMILES string of the molecule is O=Cc1[nH]c2ccc(Cl)cc2c1S(=O)(=O)Cl. The van der Waals surface area contributed by atoms with Gasteiger partial charge in [-0.1, -0.05) is 11.6 Å². The second-order valence-corrected chi connectivity index (χ2v) is 6.05. The summed E-state index contributed by atoms with van der Waals surface area (Å²) in [6, 6.07) is 4.60. The molecule has 0 spiro atoms. The second-order valence-electron chi connectivity index (χ2n) is 3.11. The molecule has 4 nitrogen and oxygen atoms in total. The summed E-state index contributed by atoms with van der Waals surface area (Å²) in [6.07, 6.45) is 0.406. The number of hydrogen-bond acceptors (Lipinski definition) is 3. The maximum Gasteiger partial charge on any atom is 0.264 e. The zero-order valence-electron chi connectivity index (χ0n) is 7.70. The minimum atomic E-state index is -3.99. The van der Waals surface area contributed by atoms with Crippen LogP contribution in [0.1, 0.15) is 10.5 Å². The number of fused-ring (bicyclic) bond motifs is 1. The quantitative estimate of drug-likeness (QED) is 0.678. The van der Waals surface area contributed by atoms with E-state index in [0.29, 0.717) is 22.2 Å². The van der Waals surface area contributed by atoms with Crippen molar-refractivity contribution in [3.05, 3.63) is 28.9 Å². The molecular formula is C9H5Cl2NO3S. The van der Waals surface area contributed by atoms with E-state index in [1.807, 2.05) is 0 Å². The highest BCUT2D eigenvalue weighted by Gasteiger charge is 2.22. The average Bonchev–Trinajstić information content (AvgIpc) is 2.54. The van der Waals surface area contributed by atoms with Crippen LogP contribution in [-0.2, 0) is 9.05 Å². The number of halogens is 2. The predicted octanol–water partition coefficient (Wildman–Crippen LogP) is 2.56. The molecule has 0 atom stereocenters. The lowest BCUT2D eigenvalue weighted by atomic mass is 10.2. The summed E-state index contributed by atoms with van der Waals surface area (Å²) in [7, 11) is 1.27. The van der Waals surface area contributed by atoms with E-state index in [2.05, 4.69) is 4.98 Å². The van der Waals surface area contributed by atoms with E-state index in [9.17, 15) is 13.2 Å². The van der Waals surface area contributed by atoms with Gasteiger partial charge < -0.3 is 4.98 Å². The Balaban J connectivity index is 2.98. The molecule has 7 heteroatoms. The van der Waals surface area contributed by atoms with Gasteiger partial charge in [-0.2, -0.15) is 0 Å². The Morgan fingerprint density at radius 2 is 2.00 bits per heavy atom. The average molecular weight is 278 g/mol. The molecule has 16 heavy (non-hydrogen) atoms. The summed E-state index contributed by atoms with van der Waals surface area (Å²) in [4.78, 5) is 13.2. The lowest BCUT2D eigenvalue weighted by molar-refractivity contribution is 0.111. The number of rotatable bonds is 2. The standard InChI is InChI=1S/C9H5Cl2NO3S/c10-5-1-2-7-6(3-5)9(16(11,14)15)8(4-13)12-7/h1-4,12H. The summed E-state index contributed by atoms with van der Waals surface area (Å²) in [6.45, 7) is 0. The number of carbonyl (C=O) groups excluding carboxylic acids is 1.